The maximum absolute atomic E-state index is 12.4. The van der Waals surface area contributed by atoms with Gasteiger partial charge in [-0.1, -0.05) is 18.0 Å². The van der Waals surface area contributed by atoms with Crippen LogP contribution < -0.4 is 5.32 Å². The number of ether oxygens (including phenoxy) is 1. The van der Waals surface area contributed by atoms with Crippen molar-refractivity contribution in [3.8, 4) is 0 Å². The molecular formula is C21H28ClN3O3. The second-order valence-corrected chi connectivity index (χ2v) is 8.48. The predicted molar refractivity (Wildman–Crippen MR) is 107 cm³/mol. The minimum absolute atomic E-state index is 0.0716. The minimum atomic E-state index is -0.168. The summed E-state index contributed by atoms with van der Waals surface area (Å²) < 4.78 is 5.67. The molecule has 1 aromatic carbocycles. The summed E-state index contributed by atoms with van der Waals surface area (Å²) in [5.74, 6) is -0.0834. The van der Waals surface area contributed by atoms with E-state index in [1.807, 2.05) is 4.90 Å². The molecule has 4 rings (SSSR count). The van der Waals surface area contributed by atoms with Gasteiger partial charge in [0.15, 0.2) is 0 Å². The molecule has 0 radical (unpaired) electrons. The number of rotatable bonds is 5. The predicted octanol–water partition coefficient (Wildman–Crippen LogP) is 2.31. The van der Waals surface area contributed by atoms with Crippen LogP contribution in [0.3, 0.4) is 0 Å². The van der Waals surface area contributed by atoms with Crippen LogP contribution in [0.4, 0.5) is 0 Å². The summed E-state index contributed by atoms with van der Waals surface area (Å²) in [6, 6.07) is 7.86. The fourth-order valence-corrected chi connectivity index (χ4v) is 4.47. The first-order chi connectivity index (χ1) is 13.6. The Morgan fingerprint density at radius 2 is 1.82 bits per heavy atom. The fourth-order valence-electron chi connectivity index (χ4n) is 4.35. The maximum Gasteiger partial charge on any atom is 0.251 e. The monoisotopic (exact) mass is 405 g/mol. The number of likely N-dealkylation sites (tertiary alicyclic amines) is 1. The van der Waals surface area contributed by atoms with Crippen molar-refractivity contribution in [3.05, 3.63) is 34.9 Å². The van der Waals surface area contributed by atoms with Crippen LogP contribution in [0.2, 0.25) is 5.02 Å². The average molecular weight is 406 g/mol. The van der Waals surface area contributed by atoms with E-state index in [-0.39, 0.29) is 24.5 Å². The lowest BCUT2D eigenvalue weighted by Crippen LogP contribution is -2.57. The Labute approximate surface area is 171 Å². The van der Waals surface area contributed by atoms with Crippen molar-refractivity contribution < 1.29 is 14.3 Å². The Kier molecular flexibility index (Phi) is 6.19. The number of halogens is 1. The van der Waals surface area contributed by atoms with Crippen molar-refractivity contribution >= 4 is 23.4 Å². The number of amides is 2. The molecule has 1 atom stereocenters. The van der Waals surface area contributed by atoms with Crippen molar-refractivity contribution in [2.45, 2.75) is 50.3 Å². The molecular weight excluding hydrogens is 378 g/mol. The van der Waals surface area contributed by atoms with E-state index in [2.05, 4.69) is 10.2 Å². The van der Waals surface area contributed by atoms with Gasteiger partial charge in [0.25, 0.3) is 5.91 Å². The molecule has 1 unspecified atom stereocenters. The first-order valence-corrected chi connectivity index (χ1v) is 10.7. The zero-order valence-corrected chi connectivity index (χ0v) is 16.9. The Bertz CT molecular complexity index is 699. The molecule has 152 valence electrons. The highest BCUT2D eigenvalue weighted by atomic mass is 35.5. The van der Waals surface area contributed by atoms with Crippen molar-refractivity contribution in [3.63, 3.8) is 0 Å². The third-order valence-electron chi connectivity index (χ3n) is 6.29. The summed E-state index contributed by atoms with van der Waals surface area (Å²) in [4.78, 5) is 29.3. The summed E-state index contributed by atoms with van der Waals surface area (Å²) >= 11 is 5.86. The van der Waals surface area contributed by atoms with Crippen molar-refractivity contribution in [2.75, 3.05) is 32.8 Å². The number of nitrogens with one attached hydrogen (secondary N) is 1. The van der Waals surface area contributed by atoms with Gasteiger partial charge in [-0.2, -0.15) is 0 Å². The van der Waals surface area contributed by atoms with Gasteiger partial charge in [-0.05, 0) is 49.9 Å². The molecule has 7 heteroatoms. The number of nitrogens with zero attached hydrogens (tertiary/aromatic N) is 2. The SMILES string of the molecule is O=C(NCC1CN(C2CCN(C3CCC3)CC2)C(=O)CO1)c1ccc(Cl)cc1. The molecule has 3 fully saturated rings. The molecule has 28 heavy (non-hydrogen) atoms. The molecule has 2 heterocycles. The van der Waals surface area contributed by atoms with Crippen LogP contribution in [0, 0.1) is 0 Å². The first kappa shape index (κ1) is 19.7. The van der Waals surface area contributed by atoms with E-state index in [1.165, 1.54) is 19.3 Å². The molecule has 2 amide bonds. The summed E-state index contributed by atoms with van der Waals surface area (Å²) in [5.41, 5.74) is 0.566. The highest BCUT2D eigenvalue weighted by molar-refractivity contribution is 6.30. The van der Waals surface area contributed by atoms with Gasteiger partial charge in [-0.15, -0.1) is 0 Å². The van der Waals surface area contributed by atoms with Crippen LogP contribution in [-0.2, 0) is 9.53 Å². The van der Waals surface area contributed by atoms with E-state index in [9.17, 15) is 9.59 Å². The number of benzene rings is 1. The number of hydrogen-bond acceptors (Lipinski definition) is 4. The van der Waals surface area contributed by atoms with Gasteiger partial charge < -0.3 is 19.9 Å². The van der Waals surface area contributed by atoms with Crippen molar-refractivity contribution in [1.29, 1.82) is 0 Å². The van der Waals surface area contributed by atoms with Crippen LogP contribution in [0.5, 0.6) is 0 Å². The van der Waals surface area contributed by atoms with Gasteiger partial charge in [0.1, 0.15) is 6.61 Å². The lowest BCUT2D eigenvalue weighted by molar-refractivity contribution is -0.153. The third kappa shape index (κ3) is 4.50. The Balaban J connectivity index is 1.26. The molecule has 1 saturated carbocycles. The maximum atomic E-state index is 12.4. The molecule has 2 saturated heterocycles. The molecule has 1 aromatic rings. The van der Waals surface area contributed by atoms with Gasteiger partial charge in [-0.25, -0.2) is 0 Å². The lowest BCUT2D eigenvalue weighted by atomic mass is 9.89. The van der Waals surface area contributed by atoms with Crippen molar-refractivity contribution in [1.82, 2.24) is 15.1 Å². The molecule has 6 nitrogen and oxygen atoms in total. The molecule has 2 aliphatic heterocycles. The Hall–Kier alpha value is -1.63. The summed E-state index contributed by atoms with van der Waals surface area (Å²) in [7, 11) is 0. The van der Waals surface area contributed by atoms with E-state index in [0.717, 1.165) is 32.0 Å². The van der Waals surface area contributed by atoms with E-state index in [0.29, 0.717) is 29.7 Å². The van der Waals surface area contributed by atoms with E-state index in [1.54, 1.807) is 24.3 Å². The Morgan fingerprint density at radius 3 is 2.46 bits per heavy atom. The van der Waals surface area contributed by atoms with E-state index >= 15 is 0 Å². The minimum Gasteiger partial charge on any atom is -0.365 e. The van der Waals surface area contributed by atoms with Gasteiger partial charge in [0.05, 0.1) is 6.10 Å². The van der Waals surface area contributed by atoms with Crippen LogP contribution >= 0.6 is 11.6 Å². The van der Waals surface area contributed by atoms with E-state index < -0.39 is 0 Å². The number of morpholine rings is 1. The highest BCUT2D eigenvalue weighted by Gasteiger charge is 2.35. The largest absolute Gasteiger partial charge is 0.365 e. The van der Waals surface area contributed by atoms with Crippen LogP contribution in [0.15, 0.2) is 24.3 Å². The molecule has 1 N–H and O–H groups in total. The number of carbonyl (C=O) groups excluding carboxylic acids is 2. The van der Waals surface area contributed by atoms with Crippen LogP contribution in [0.1, 0.15) is 42.5 Å². The molecule has 3 aliphatic rings. The zero-order valence-electron chi connectivity index (χ0n) is 16.1. The normalized spacial score (nSPS) is 24.8. The standard InChI is InChI=1S/C21H28ClN3O3/c22-16-6-4-15(5-7-16)21(27)23-12-19-13-25(20(26)14-28-19)18-8-10-24(11-9-18)17-2-1-3-17/h4-7,17-19H,1-3,8-14H2,(H,23,27). The zero-order chi connectivity index (χ0) is 19.5. The molecule has 0 spiro atoms. The summed E-state index contributed by atoms with van der Waals surface area (Å²) in [5, 5.41) is 3.51. The van der Waals surface area contributed by atoms with Crippen molar-refractivity contribution in [2.24, 2.45) is 0 Å². The van der Waals surface area contributed by atoms with Gasteiger partial charge >= 0.3 is 0 Å². The van der Waals surface area contributed by atoms with Crippen LogP contribution in [-0.4, -0.2) is 72.6 Å². The fraction of sp³-hybridized carbons (Fsp3) is 0.619. The smallest absolute Gasteiger partial charge is 0.251 e. The third-order valence-corrected chi connectivity index (χ3v) is 6.54. The first-order valence-electron chi connectivity index (χ1n) is 10.3. The second-order valence-electron chi connectivity index (χ2n) is 8.05. The van der Waals surface area contributed by atoms with Gasteiger partial charge in [0.2, 0.25) is 5.91 Å². The quantitative estimate of drug-likeness (QED) is 0.816. The topological polar surface area (TPSA) is 61.9 Å². The summed E-state index contributed by atoms with van der Waals surface area (Å²) in [6.07, 6.45) is 5.92. The van der Waals surface area contributed by atoms with Crippen LogP contribution in [0.25, 0.3) is 0 Å². The molecule has 1 aliphatic carbocycles. The van der Waals surface area contributed by atoms with Gasteiger partial charge in [0, 0.05) is 48.8 Å². The van der Waals surface area contributed by atoms with Gasteiger partial charge in [-0.3, -0.25) is 9.59 Å². The number of piperidine rings is 1. The number of hydrogen-bond donors (Lipinski definition) is 1. The summed E-state index contributed by atoms with van der Waals surface area (Å²) in [6.45, 7) is 3.21. The van der Waals surface area contributed by atoms with E-state index in [4.69, 9.17) is 16.3 Å². The second kappa shape index (κ2) is 8.80. The Morgan fingerprint density at radius 1 is 1.11 bits per heavy atom. The number of carbonyl (C=O) groups is 2. The molecule has 0 aromatic heterocycles. The highest BCUT2D eigenvalue weighted by Crippen LogP contribution is 2.29. The lowest BCUT2D eigenvalue weighted by Gasteiger charge is -2.45. The molecule has 0 bridgehead atoms. The average Bonchev–Trinajstić information content (AvgIpc) is 2.67.